The van der Waals surface area contributed by atoms with E-state index in [0.717, 1.165) is 99.5 Å². The van der Waals surface area contributed by atoms with Crippen molar-refractivity contribution < 1.29 is 24.6 Å². The molecule has 336 valence electrons. The van der Waals surface area contributed by atoms with Crippen molar-refractivity contribution >= 4 is 18.5 Å². The first kappa shape index (κ1) is 53.8. The monoisotopic (exact) mass is 831 g/mol. The highest BCUT2D eigenvalue weighted by Crippen LogP contribution is 2.33. The summed E-state index contributed by atoms with van der Waals surface area (Å²) in [6, 6.07) is 8.29. The summed E-state index contributed by atoms with van der Waals surface area (Å²) in [6.07, 6.45) is 26.8. The first-order chi connectivity index (χ1) is 29.0. The fraction of sp³-hybridized carbons (Fsp3) is 0.588. The fourth-order valence-corrected chi connectivity index (χ4v) is 8.10. The molecular formula is C51H82N4O5. The van der Waals surface area contributed by atoms with E-state index < -0.39 is 0 Å². The number of nitrogens with one attached hydrogen (secondary N) is 1. The van der Waals surface area contributed by atoms with Gasteiger partial charge in [0.15, 0.2) is 5.84 Å². The van der Waals surface area contributed by atoms with Crippen LogP contribution in [0.3, 0.4) is 0 Å². The number of hydrogen-bond donors (Lipinski definition) is 3. The van der Waals surface area contributed by atoms with Crippen molar-refractivity contribution in [2.24, 2.45) is 10.9 Å². The molecule has 60 heavy (non-hydrogen) atoms. The SMILES string of the molecule is C=O.CC.CCC.CCCC1=C(CC)CC(=O)N(Cc2ccc(OC3CCC(C(C)O)CC3)cc2)C(CC)N1C.CN=C(NO)C1=CCC=CC=C1C1=CCC=C(C)CC1. The molecule has 3 N–H and O–H groups in total. The summed E-state index contributed by atoms with van der Waals surface area (Å²) in [5.74, 6) is 2.05. The van der Waals surface area contributed by atoms with Crippen molar-refractivity contribution in [1.29, 1.82) is 0 Å². The van der Waals surface area contributed by atoms with E-state index in [1.165, 1.54) is 28.8 Å². The number of nitrogens with zero attached hydrogens (tertiary/aromatic N) is 3. The lowest BCUT2D eigenvalue weighted by atomic mass is 9.84. The van der Waals surface area contributed by atoms with Gasteiger partial charge in [0.25, 0.3) is 0 Å². The Bertz CT molecular complexity index is 1610. The van der Waals surface area contributed by atoms with Crippen LogP contribution in [-0.2, 0) is 16.1 Å². The lowest BCUT2D eigenvalue weighted by molar-refractivity contribution is -0.136. The molecular weight excluding hydrogens is 749 g/mol. The van der Waals surface area contributed by atoms with E-state index >= 15 is 0 Å². The zero-order chi connectivity index (χ0) is 45.0. The van der Waals surface area contributed by atoms with E-state index in [2.05, 4.69) is 117 Å². The Kier molecular flexibility index (Phi) is 27.6. The highest BCUT2D eigenvalue weighted by Gasteiger charge is 2.32. The number of amides is 1. The zero-order valence-electron chi connectivity index (χ0n) is 39.4. The van der Waals surface area contributed by atoms with Crippen molar-refractivity contribution in [3.63, 3.8) is 0 Å². The van der Waals surface area contributed by atoms with Gasteiger partial charge in [0, 0.05) is 38.3 Å². The van der Waals surface area contributed by atoms with Crippen molar-refractivity contribution in [1.82, 2.24) is 15.3 Å². The van der Waals surface area contributed by atoms with Gasteiger partial charge in [-0.3, -0.25) is 20.5 Å². The molecule has 9 nitrogen and oxygen atoms in total. The average Bonchev–Trinajstić information content (AvgIpc) is 3.68. The lowest BCUT2D eigenvalue weighted by Gasteiger charge is -2.38. The number of amidine groups is 1. The minimum absolute atomic E-state index is 0.0862. The van der Waals surface area contributed by atoms with Gasteiger partial charge in [-0.1, -0.05) is 115 Å². The zero-order valence-corrected chi connectivity index (χ0v) is 39.4. The average molecular weight is 831 g/mol. The predicted octanol–water partition coefficient (Wildman–Crippen LogP) is 12.0. The van der Waals surface area contributed by atoms with Gasteiger partial charge in [0.1, 0.15) is 18.7 Å². The number of carbonyl (C=O) groups is 2. The highest BCUT2D eigenvalue weighted by atomic mass is 16.5. The third kappa shape index (κ3) is 17.0. The van der Waals surface area contributed by atoms with Crippen LogP contribution in [0, 0.1) is 5.92 Å². The van der Waals surface area contributed by atoms with Crippen molar-refractivity contribution in [2.45, 2.75) is 177 Å². The van der Waals surface area contributed by atoms with E-state index in [1.807, 2.05) is 39.7 Å². The molecule has 1 aromatic rings. The predicted molar refractivity (Wildman–Crippen MR) is 252 cm³/mol. The minimum atomic E-state index is -0.223. The molecule has 1 amide bonds. The van der Waals surface area contributed by atoms with E-state index in [4.69, 9.17) is 9.53 Å². The maximum absolute atomic E-state index is 13.3. The molecule has 2 unspecified atom stereocenters. The molecule has 1 aliphatic heterocycles. The van der Waals surface area contributed by atoms with Crippen LogP contribution >= 0.6 is 0 Å². The Morgan fingerprint density at radius 1 is 0.983 bits per heavy atom. The second kappa shape index (κ2) is 30.8. The number of hydrogen-bond acceptors (Lipinski definition) is 7. The fourth-order valence-electron chi connectivity index (χ4n) is 8.10. The van der Waals surface area contributed by atoms with Crippen LogP contribution in [0.1, 0.15) is 158 Å². The molecule has 1 saturated carbocycles. The Hall–Kier alpha value is -4.21. The molecule has 0 bridgehead atoms. The topological polar surface area (TPSA) is 115 Å². The summed E-state index contributed by atoms with van der Waals surface area (Å²) in [6.45, 7) is 21.5. The molecule has 4 aliphatic rings. The van der Waals surface area contributed by atoms with Crippen LogP contribution < -0.4 is 10.2 Å². The molecule has 0 aromatic heterocycles. The Labute approximate surface area is 365 Å². The summed E-state index contributed by atoms with van der Waals surface area (Å²) >= 11 is 0. The second-order valence-electron chi connectivity index (χ2n) is 15.7. The third-order valence-electron chi connectivity index (χ3n) is 11.3. The molecule has 1 aromatic carbocycles. The quantitative estimate of drug-likeness (QED) is 0.0880. The van der Waals surface area contributed by atoms with Crippen LogP contribution in [0.15, 0.2) is 99.3 Å². The normalized spacial score (nSPS) is 21.1. The maximum atomic E-state index is 13.3. The van der Waals surface area contributed by atoms with Gasteiger partial charge in [-0.2, -0.15) is 0 Å². The first-order valence-electron chi connectivity index (χ1n) is 22.8. The summed E-state index contributed by atoms with van der Waals surface area (Å²) in [4.78, 5) is 29.8. The minimum Gasteiger partial charge on any atom is -0.490 e. The lowest BCUT2D eigenvalue weighted by Crippen LogP contribution is -2.46. The second-order valence-corrected chi connectivity index (χ2v) is 15.7. The first-order valence-corrected chi connectivity index (χ1v) is 22.8. The summed E-state index contributed by atoms with van der Waals surface area (Å²) < 4.78 is 6.22. The number of hydroxylamine groups is 1. The molecule has 1 heterocycles. The van der Waals surface area contributed by atoms with Gasteiger partial charge in [0.05, 0.1) is 12.2 Å². The largest absolute Gasteiger partial charge is 0.490 e. The number of allylic oxidation sites excluding steroid dienone is 9. The molecule has 1 fully saturated rings. The van der Waals surface area contributed by atoms with Crippen LogP contribution in [0.2, 0.25) is 0 Å². The number of aliphatic hydroxyl groups is 1. The van der Waals surface area contributed by atoms with E-state index in [9.17, 15) is 15.1 Å². The van der Waals surface area contributed by atoms with Gasteiger partial charge in [-0.05, 0) is 125 Å². The number of aliphatic hydroxyl groups excluding tert-OH is 1. The van der Waals surface area contributed by atoms with Crippen molar-refractivity contribution in [3.05, 3.63) is 99.8 Å². The van der Waals surface area contributed by atoms with Gasteiger partial charge >= 0.3 is 0 Å². The van der Waals surface area contributed by atoms with E-state index in [1.54, 1.807) is 7.05 Å². The van der Waals surface area contributed by atoms with Gasteiger partial charge in [0.2, 0.25) is 5.91 Å². The number of benzene rings is 1. The molecule has 3 aliphatic carbocycles. The molecule has 0 saturated heterocycles. The number of rotatable bonds is 11. The molecule has 5 rings (SSSR count). The standard InChI is InChI=1S/C28H44N2O3.C17H22N2O.C3H8.C2H6.CH2O/c1-6-9-26-22(7-2)18-28(32)30(27(8-3)29(26)5)19-21-10-14-24(15-11-21)33-25-16-12-23(13-17-25)20(4)31;1-13-7-6-8-14(12-11-13)15-9-4-3-5-10-16(15)17(18-2)19-20;1-3-2;2*1-2/h10-11,14-15,20,23,25,27,31H,6-9,12-13,16-19H2,1-5H3;3-4,7-10,20H,5-6,11-12H2,1-2H3,(H,18,19);3H2,1-2H3;1-2H3;1H2. The van der Waals surface area contributed by atoms with Gasteiger partial charge < -0.3 is 24.4 Å². The summed E-state index contributed by atoms with van der Waals surface area (Å²) in [5.41, 5.74) is 10.9. The number of ether oxygens (including phenoxy) is 1. The Morgan fingerprint density at radius 3 is 2.18 bits per heavy atom. The van der Waals surface area contributed by atoms with Crippen LogP contribution in [0.4, 0.5) is 0 Å². The smallest absolute Gasteiger partial charge is 0.228 e. The molecule has 2 atom stereocenters. The summed E-state index contributed by atoms with van der Waals surface area (Å²) in [5, 5.41) is 19.1. The van der Waals surface area contributed by atoms with E-state index in [-0.39, 0.29) is 24.3 Å². The maximum Gasteiger partial charge on any atom is 0.228 e. The molecule has 0 spiro atoms. The van der Waals surface area contributed by atoms with Gasteiger partial charge in [-0.25, -0.2) is 0 Å². The summed E-state index contributed by atoms with van der Waals surface area (Å²) in [7, 11) is 3.84. The number of aliphatic imine (C=N–C) groups is 1. The molecule has 0 radical (unpaired) electrons. The van der Waals surface area contributed by atoms with Gasteiger partial charge in [-0.15, -0.1) is 0 Å². The van der Waals surface area contributed by atoms with Crippen LogP contribution in [0.25, 0.3) is 0 Å². The van der Waals surface area contributed by atoms with Crippen molar-refractivity contribution in [2.75, 3.05) is 14.1 Å². The van der Waals surface area contributed by atoms with E-state index in [0.29, 0.717) is 24.7 Å². The van der Waals surface area contributed by atoms with Crippen LogP contribution in [-0.4, -0.2) is 71.1 Å². The number of carbonyl (C=O) groups excluding carboxylic acids is 2. The highest BCUT2D eigenvalue weighted by molar-refractivity contribution is 6.02. The Balaban J connectivity index is 0.000000567. The van der Waals surface area contributed by atoms with Crippen LogP contribution in [0.5, 0.6) is 5.75 Å². The third-order valence-corrected chi connectivity index (χ3v) is 11.3. The Morgan fingerprint density at radius 2 is 1.63 bits per heavy atom. The van der Waals surface area contributed by atoms with Crippen molar-refractivity contribution in [3.8, 4) is 5.75 Å². The molecule has 9 heteroatoms.